The second kappa shape index (κ2) is 7.00. The summed E-state index contributed by atoms with van der Waals surface area (Å²) >= 11 is 0. The molecular weight excluding hydrogens is 368 g/mol. The molecule has 0 aliphatic carbocycles. The number of nitrogens with one attached hydrogen (secondary N) is 1. The molecule has 2 aliphatic rings. The molecule has 3 N–H and O–H groups in total. The van der Waals surface area contributed by atoms with Gasteiger partial charge >= 0.3 is 6.03 Å². The van der Waals surface area contributed by atoms with E-state index in [0.29, 0.717) is 12.2 Å². The summed E-state index contributed by atoms with van der Waals surface area (Å²) in [4.78, 5) is 27.3. The fourth-order valence-electron chi connectivity index (χ4n) is 4.00. The van der Waals surface area contributed by atoms with Crippen molar-refractivity contribution in [2.45, 2.75) is 18.9 Å². The van der Waals surface area contributed by atoms with Gasteiger partial charge in [0.15, 0.2) is 0 Å². The van der Waals surface area contributed by atoms with Gasteiger partial charge in [0.25, 0.3) is 0 Å². The highest BCUT2D eigenvalue weighted by Gasteiger charge is 2.27. The van der Waals surface area contributed by atoms with E-state index < -0.39 is 0 Å². The van der Waals surface area contributed by atoms with Gasteiger partial charge in [0.1, 0.15) is 17.2 Å². The van der Waals surface area contributed by atoms with Crippen molar-refractivity contribution in [3.05, 3.63) is 30.6 Å². The minimum absolute atomic E-state index is 0.0134. The predicted octanol–water partition coefficient (Wildman–Crippen LogP) is 1.82. The number of carbonyl (C=O) groups is 1. The minimum atomic E-state index is 0.0134. The molecule has 5 rings (SSSR count). The molecular formula is C20H24N8O. The van der Waals surface area contributed by atoms with E-state index in [1.165, 1.54) is 0 Å². The van der Waals surface area contributed by atoms with Crippen LogP contribution in [0.25, 0.3) is 22.3 Å². The van der Waals surface area contributed by atoms with Gasteiger partial charge in [-0.25, -0.2) is 9.78 Å². The number of hydrogen-bond acceptors (Lipinski definition) is 6. The number of aromatic nitrogens is 4. The Hall–Kier alpha value is -3.20. The van der Waals surface area contributed by atoms with Crippen LogP contribution < -0.4 is 15.5 Å². The van der Waals surface area contributed by atoms with E-state index in [1.807, 2.05) is 25.2 Å². The number of amides is 2. The molecule has 2 amide bonds. The molecule has 9 nitrogen and oxygen atoms in total. The number of fused-ring (bicyclic) bond motifs is 1. The van der Waals surface area contributed by atoms with Crippen LogP contribution in [0.1, 0.15) is 12.8 Å². The van der Waals surface area contributed by atoms with Crippen LogP contribution in [-0.2, 0) is 0 Å². The number of urea groups is 1. The molecule has 150 valence electrons. The van der Waals surface area contributed by atoms with Crippen molar-refractivity contribution < 1.29 is 4.79 Å². The van der Waals surface area contributed by atoms with Gasteiger partial charge in [-0.2, -0.15) is 5.10 Å². The predicted molar refractivity (Wildman–Crippen MR) is 112 cm³/mol. The number of piperidine rings is 1. The number of carbonyl (C=O) groups excluding carboxylic acids is 1. The average molecular weight is 392 g/mol. The highest BCUT2D eigenvalue weighted by atomic mass is 16.2. The Kier molecular flexibility index (Phi) is 4.31. The summed E-state index contributed by atoms with van der Waals surface area (Å²) in [7, 11) is 1.82. The summed E-state index contributed by atoms with van der Waals surface area (Å²) in [6, 6.07) is 6.18. The number of hydrogen-bond donors (Lipinski definition) is 2. The van der Waals surface area contributed by atoms with Gasteiger partial charge in [-0.1, -0.05) is 0 Å². The second-order valence-corrected chi connectivity index (χ2v) is 7.74. The highest BCUT2D eigenvalue weighted by Crippen LogP contribution is 2.30. The first-order chi connectivity index (χ1) is 14.1. The van der Waals surface area contributed by atoms with Crippen LogP contribution in [-0.4, -0.2) is 70.4 Å². The lowest BCUT2D eigenvalue weighted by molar-refractivity contribution is 0.229. The standard InChI is InChI=1S/C20H24N8O/c1-26-8-9-28(20(26)29)14-2-3-16-15(10-14)19(25-24-16)17-11-22-12-18(23-17)27-6-4-13(21)5-7-27/h2-3,10-13H,4-9,21H2,1H3,(H,24,25). The van der Waals surface area contributed by atoms with E-state index >= 15 is 0 Å². The van der Waals surface area contributed by atoms with Crippen molar-refractivity contribution in [2.75, 3.05) is 43.0 Å². The number of anilines is 2. The third-order valence-electron chi connectivity index (χ3n) is 5.80. The van der Waals surface area contributed by atoms with Crippen molar-refractivity contribution >= 4 is 28.4 Å². The van der Waals surface area contributed by atoms with E-state index in [2.05, 4.69) is 20.1 Å². The van der Waals surface area contributed by atoms with Gasteiger partial charge in [-0.3, -0.25) is 15.0 Å². The van der Waals surface area contributed by atoms with E-state index in [0.717, 1.165) is 60.6 Å². The van der Waals surface area contributed by atoms with E-state index in [-0.39, 0.29) is 12.1 Å². The third-order valence-corrected chi connectivity index (χ3v) is 5.80. The van der Waals surface area contributed by atoms with Crippen molar-refractivity contribution in [1.29, 1.82) is 0 Å². The van der Waals surface area contributed by atoms with Gasteiger partial charge in [0, 0.05) is 50.3 Å². The second-order valence-electron chi connectivity index (χ2n) is 7.74. The number of benzene rings is 1. The van der Waals surface area contributed by atoms with E-state index in [9.17, 15) is 4.79 Å². The summed E-state index contributed by atoms with van der Waals surface area (Å²) < 4.78 is 0. The van der Waals surface area contributed by atoms with Crippen LogP contribution >= 0.6 is 0 Å². The maximum Gasteiger partial charge on any atom is 0.324 e. The molecule has 0 atom stereocenters. The molecule has 29 heavy (non-hydrogen) atoms. The molecule has 0 spiro atoms. The Labute approximate surface area is 168 Å². The van der Waals surface area contributed by atoms with Crippen molar-refractivity contribution in [3.8, 4) is 11.4 Å². The van der Waals surface area contributed by atoms with Gasteiger partial charge in [0.05, 0.1) is 17.9 Å². The molecule has 1 aromatic carbocycles. The summed E-state index contributed by atoms with van der Waals surface area (Å²) in [6.07, 6.45) is 5.44. The van der Waals surface area contributed by atoms with Crippen molar-refractivity contribution in [2.24, 2.45) is 5.73 Å². The molecule has 2 saturated heterocycles. The zero-order valence-corrected chi connectivity index (χ0v) is 16.4. The van der Waals surface area contributed by atoms with Gasteiger partial charge < -0.3 is 15.5 Å². The molecule has 3 aromatic rings. The zero-order chi connectivity index (χ0) is 20.0. The highest BCUT2D eigenvalue weighted by molar-refractivity contribution is 5.99. The maximum absolute atomic E-state index is 12.4. The SMILES string of the molecule is CN1CCN(c2ccc3[nH]nc(-c4cncc(N5CCC(N)CC5)n4)c3c2)C1=O. The minimum Gasteiger partial charge on any atom is -0.355 e. The largest absolute Gasteiger partial charge is 0.355 e. The molecule has 2 aliphatic heterocycles. The van der Waals surface area contributed by atoms with Crippen LogP contribution in [0.3, 0.4) is 0 Å². The smallest absolute Gasteiger partial charge is 0.324 e. The van der Waals surface area contributed by atoms with Crippen molar-refractivity contribution in [1.82, 2.24) is 25.1 Å². The van der Waals surface area contributed by atoms with E-state index in [4.69, 9.17) is 10.7 Å². The lowest BCUT2D eigenvalue weighted by atomic mass is 10.1. The number of likely N-dealkylation sites (N-methyl/N-ethyl adjacent to an activating group) is 1. The monoisotopic (exact) mass is 392 g/mol. The van der Waals surface area contributed by atoms with Crippen LogP contribution in [0.5, 0.6) is 0 Å². The van der Waals surface area contributed by atoms with Crippen molar-refractivity contribution in [3.63, 3.8) is 0 Å². The molecule has 0 saturated carbocycles. The first-order valence-corrected chi connectivity index (χ1v) is 9.94. The Balaban J connectivity index is 1.50. The topological polar surface area (TPSA) is 107 Å². The summed E-state index contributed by atoms with van der Waals surface area (Å²) in [5.74, 6) is 0.845. The molecule has 0 bridgehead atoms. The van der Waals surface area contributed by atoms with Gasteiger partial charge in [0.2, 0.25) is 0 Å². The molecule has 9 heteroatoms. The molecule has 2 fully saturated rings. The van der Waals surface area contributed by atoms with Gasteiger partial charge in [-0.05, 0) is 31.0 Å². The Morgan fingerprint density at radius 2 is 1.97 bits per heavy atom. The zero-order valence-electron chi connectivity index (χ0n) is 16.4. The molecule has 4 heterocycles. The number of H-pyrrole nitrogens is 1. The quantitative estimate of drug-likeness (QED) is 0.704. The molecule has 2 aromatic heterocycles. The maximum atomic E-state index is 12.4. The lowest BCUT2D eigenvalue weighted by Crippen LogP contribution is -2.40. The number of rotatable bonds is 3. The van der Waals surface area contributed by atoms with Crippen LogP contribution in [0, 0.1) is 0 Å². The first kappa shape index (κ1) is 17.9. The Morgan fingerprint density at radius 3 is 2.72 bits per heavy atom. The van der Waals surface area contributed by atoms with Crippen LogP contribution in [0.15, 0.2) is 30.6 Å². The number of aromatic amines is 1. The fraction of sp³-hybridized carbons (Fsp3) is 0.400. The lowest BCUT2D eigenvalue weighted by Gasteiger charge is -2.30. The fourth-order valence-corrected chi connectivity index (χ4v) is 4.00. The van der Waals surface area contributed by atoms with Crippen LogP contribution in [0.2, 0.25) is 0 Å². The van der Waals surface area contributed by atoms with Gasteiger partial charge in [-0.15, -0.1) is 0 Å². The number of nitrogens with zero attached hydrogens (tertiary/aromatic N) is 6. The third kappa shape index (κ3) is 3.17. The summed E-state index contributed by atoms with van der Waals surface area (Å²) in [6.45, 7) is 3.17. The molecule has 0 radical (unpaired) electrons. The normalized spacial score (nSPS) is 18.3. The Bertz CT molecular complexity index is 1060. The number of nitrogens with two attached hydrogens (primary N) is 1. The average Bonchev–Trinajstić information content (AvgIpc) is 3.31. The summed E-state index contributed by atoms with van der Waals surface area (Å²) in [5.41, 5.74) is 9.24. The first-order valence-electron chi connectivity index (χ1n) is 9.94. The van der Waals surface area contributed by atoms with E-state index in [1.54, 1.807) is 22.2 Å². The molecule has 0 unspecified atom stereocenters. The Morgan fingerprint density at radius 1 is 1.14 bits per heavy atom. The summed E-state index contributed by atoms with van der Waals surface area (Å²) in [5, 5.41) is 8.48. The van der Waals surface area contributed by atoms with Crippen LogP contribution in [0.4, 0.5) is 16.3 Å².